The number of nitrogens with one attached hydrogen (secondary N) is 1. The average Bonchev–Trinajstić information content (AvgIpc) is 2.16. The van der Waals surface area contributed by atoms with Gasteiger partial charge in [-0.05, 0) is 23.0 Å². The summed E-state index contributed by atoms with van der Waals surface area (Å²) in [5.74, 6) is 6.58. The van der Waals surface area contributed by atoms with Gasteiger partial charge in [0.25, 0.3) is 0 Å². The van der Waals surface area contributed by atoms with Crippen molar-refractivity contribution in [3.8, 4) is 0 Å². The van der Waals surface area contributed by atoms with Crippen LogP contribution in [0, 0.1) is 0 Å². The van der Waals surface area contributed by atoms with Gasteiger partial charge >= 0.3 is 0 Å². The lowest BCUT2D eigenvalue weighted by molar-refractivity contribution is 0.835. The van der Waals surface area contributed by atoms with Crippen molar-refractivity contribution >= 4 is 18.1 Å². The zero-order valence-electron chi connectivity index (χ0n) is 9.87. The summed E-state index contributed by atoms with van der Waals surface area (Å²) >= 11 is 0. The molecule has 15 heavy (non-hydrogen) atoms. The normalized spacial score (nSPS) is 10.3. The number of hydrazine groups is 1. The first-order chi connectivity index (χ1) is 6.57. The van der Waals surface area contributed by atoms with E-state index in [-0.39, 0.29) is 12.4 Å². The van der Waals surface area contributed by atoms with Crippen LogP contribution >= 0.6 is 12.4 Å². The molecule has 0 amide bonds. The maximum Gasteiger partial charge on any atom is 0.0554 e. The van der Waals surface area contributed by atoms with E-state index in [1.54, 1.807) is 0 Å². The number of nitrogens with two attached hydrogens (primary N) is 1. The zero-order chi connectivity index (χ0) is 10.7. The lowest BCUT2D eigenvalue weighted by atomic mass is 9.93. The number of hydrogen-bond acceptors (Lipinski definition) is 2. The van der Waals surface area contributed by atoms with Crippen LogP contribution in [-0.2, 0) is 0 Å². The van der Waals surface area contributed by atoms with E-state index in [1.807, 2.05) is 0 Å². The van der Waals surface area contributed by atoms with E-state index in [0.717, 1.165) is 5.69 Å². The molecule has 0 saturated carbocycles. The summed E-state index contributed by atoms with van der Waals surface area (Å²) in [4.78, 5) is 0. The van der Waals surface area contributed by atoms with E-state index in [9.17, 15) is 0 Å². The smallest absolute Gasteiger partial charge is 0.0554 e. The van der Waals surface area contributed by atoms with Gasteiger partial charge in [0.05, 0.1) is 5.69 Å². The van der Waals surface area contributed by atoms with Gasteiger partial charge in [-0.15, -0.1) is 12.4 Å². The highest BCUT2D eigenvalue weighted by Gasteiger charge is 2.11. The summed E-state index contributed by atoms with van der Waals surface area (Å²) < 4.78 is 0. The molecule has 0 aliphatic rings. The van der Waals surface area contributed by atoms with E-state index in [4.69, 9.17) is 5.84 Å². The van der Waals surface area contributed by atoms with E-state index in [1.165, 1.54) is 11.1 Å². The van der Waals surface area contributed by atoms with Crippen molar-refractivity contribution in [2.45, 2.75) is 39.5 Å². The van der Waals surface area contributed by atoms with Gasteiger partial charge in [-0.2, -0.15) is 0 Å². The standard InChI is InChI=1S/C12H20N2.ClH/c1-8(2)10-6-5-7-11(9(3)4)12(10)14-13;/h5-9,14H,13H2,1-4H3;1H. The monoisotopic (exact) mass is 228 g/mol. The Bertz CT molecular complexity index is 282. The molecule has 0 aromatic heterocycles. The maximum atomic E-state index is 5.58. The Kier molecular flexibility index (Phi) is 5.69. The van der Waals surface area contributed by atoms with E-state index < -0.39 is 0 Å². The summed E-state index contributed by atoms with van der Waals surface area (Å²) in [5, 5.41) is 0. The molecule has 3 heteroatoms. The van der Waals surface area contributed by atoms with Gasteiger partial charge in [0.2, 0.25) is 0 Å². The molecule has 1 rings (SSSR count). The van der Waals surface area contributed by atoms with Crippen LogP contribution in [0.1, 0.15) is 50.7 Å². The Balaban J connectivity index is 0.00000196. The first kappa shape index (κ1) is 14.3. The van der Waals surface area contributed by atoms with Crippen LogP contribution in [-0.4, -0.2) is 0 Å². The highest BCUT2D eigenvalue weighted by molar-refractivity contribution is 5.85. The second-order valence-corrected chi connectivity index (χ2v) is 4.27. The average molecular weight is 229 g/mol. The molecule has 0 saturated heterocycles. The lowest BCUT2D eigenvalue weighted by Gasteiger charge is -2.18. The topological polar surface area (TPSA) is 38.0 Å². The number of para-hydroxylation sites is 1. The molecule has 0 radical (unpaired) electrons. The minimum Gasteiger partial charge on any atom is -0.324 e. The second kappa shape index (κ2) is 5.99. The quantitative estimate of drug-likeness (QED) is 0.612. The van der Waals surface area contributed by atoms with Crippen molar-refractivity contribution in [2.75, 3.05) is 5.43 Å². The van der Waals surface area contributed by atoms with Crippen LogP contribution < -0.4 is 11.3 Å². The summed E-state index contributed by atoms with van der Waals surface area (Å²) in [6.45, 7) is 8.72. The number of nitrogen functional groups attached to an aromatic ring is 1. The van der Waals surface area contributed by atoms with Crippen LogP contribution in [0.3, 0.4) is 0 Å². The van der Waals surface area contributed by atoms with Gasteiger partial charge in [0, 0.05) is 0 Å². The predicted octanol–water partition coefficient (Wildman–Crippen LogP) is 3.64. The summed E-state index contributed by atoms with van der Waals surface area (Å²) in [6, 6.07) is 6.36. The van der Waals surface area contributed by atoms with Crippen molar-refractivity contribution in [2.24, 2.45) is 5.84 Å². The minimum absolute atomic E-state index is 0. The molecule has 0 atom stereocenters. The second-order valence-electron chi connectivity index (χ2n) is 4.27. The van der Waals surface area contributed by atoms with Crippen LogP contribution in [0.15, 0.2) is 18.2 Å². The minimum atomic E-state index is 0. The van der Waals surface area contributed by atoms with Crippen LogP contribution in [0.4, 0.5) is 5.69 Å². The third-order valence-electron chi connectivity index (χ3n) is 2.52. The summed E-state index contributed by atoms with van der Waals surface area (Å²) in [6.07, 6.45) is 0. The molecule has 0 bridgehead atoms. The molecule has 0 aliphatic heterocycles. The SMILES string of the molecule is CC(C)c1cccc(C(C)C)c1NN.Cl. The molecule has 0 fully saturated rings. The molecule has 3 N–H and O–H groups in total. The van der Waals surface area contributed by atoms with Gasteiger partial charge in [-0.3, -0.25) is 5.84 Å². The first-order valence-electron chi connectivity index (χ1n) is 5.17. The fourth-order valence-corrected chi connectivity index (χ4v) is 1.72. The highest BCUT2D eigenvalue weighted by atomic mass is 35.5. The molecule has 0 aliphatic carbocycles. The number of anilines is 1. The molecule has 0 spiro atoms. The molecule has 2 nitrogen and oxygen atoms in total. The Morgan fingerprint density at radius 2 is 1.40 bits per heavy atom. The number of halogens is 1. The van der Waals surface area contributed by atoms with Gasteiger partial charge in [-0.25, -0.2) is 0 Å². The summed E-state index contributed by atoms with van der Waals surface area (Å²) in [7, 11) is 0. The fraction of sp³-hybridized carbons (Fsp3) is 0.500. The van der Waals surface area contributed by atoms with Crippen molar-refractivity contribution in [1.82, 2.24) is 0 Å². The molecule has 0 heterocycles. The van der Waals surface area contributed by atoms with Crippen molar-refractivity contribution in [3.05, 3.63) is 29.3 Å². The van der Waals surface area contributed by atoms with Crippen LogP contribution in [0.25, 0.3) is 0 Å². The fourth-order valence-electron chi connectivity index (χ4n) is 1.72. The van der Waals surface area contributed by atoms with Crippen molar-refractivity contribution in [3.63, 3.8) is 0 Å². The molecular formula is C12H21ClN2. The van der Waals surface area contributed by atoms with Gasteiger partial charge < -0.3 is 5.43 Å². The lowest BCUT2D eigenvalue weighted by Crippen LogP contribution is -2.13. The molecular weight excluding hydrogens is 208 g/mol. The zero-order valence-corrected chi connectivity index (χ0v) is 10.7. The van der Waals surface area contributed by atoms with Crippen molar-refractivity contribution in [1.29, 1.82) is 0 Å². The molecule has 86 valence electrons. The van der Waals surface area contributed by atoms with Gasteiger partial charge in [0.1, 0.15) is 0 Å². The number of rotatable bonds is 3. The number of hydrogen-bond donors (Lipinski definition) is 2. The third-order valence-corrected chi connectivity index (χ3v) is 2.52. The first-order valence-corrected chi connectivity index (χ1v) is 5.17. The Morgan fingerprint density at radius 1 is 1.00 bits per heavy atom. The predicted molar refractivity (Wildman–Crippen MR) is 69.7 cm³/mol. The maximum absolute atomic E-state index is 5.58. The molecule has 0 unspecified atom stereocenters. The summed E-state index contributed by atoms with van der Waals surface area (Å²) in [5.41, 5.74) is 6.50. The highest BCUT2D eigenvalue weighted by Crippen LogP contribution is 2.31. The van der Waals surface area contributed by atoms with E-state index in [0.29, 0.717) is 11.8 Å². The molecule has 1 aromatic carbocycles. The largest absolute Gasteiger partial charge is 0.324 e. The number of benzene rings is 1. The van der Waals surface area contributed by atoms with Crippen LogP contribution in [0.5, 0.6) is 0 Å². The van der Waals surface area contributed by atoms with Crippen LogP contribution in [0.2, 0.25) is 0 Å². The van der Waals surface area contributed by atoms with Gasteiger partial charge in [-0.1, -0.05) is 45.9 Å². The van der Waals surface area contributed by atoms with E-state index >= 15 is 0 Å². The molecule has 1 aromatic rings. The van der Waals surface area contributed by atoms with Gasteiger partial charge in [0.15, 0.2) is 0 Å². The Labute approximate surface area is 98.6 Å². The van der Waals surface area contributed by atoms with E-state index in [2.05, 4.69) is 51.3 Å². The van der Waals surface area contributed by atoms with Crippen molar-refractivity contribution < 1.29 is 0 Å². The third kappa shape index (κ3) is 3.11. The Morgan fingerprint density at radius 3 is 1.67 bits per heavy atom. The Hall–Kier alpha value is -0.730.